The third kappa shape index (κ3) is 6.27. The molecule has 0 aromatic carbocycles. The molecule has 1 fully saturated rings. The van der Waals surface area contributed by atoms with Gasteiger partial charge < -0.3 is 10.6 Å². The molecule has 34 heavy (non-hydrogen) atoms. The molecule has 0 radical (unpaired) electrons. The van der Waals surface area contributed by atoms with Crippen LogP contribution in [0.2, 0.25) is 0 Å². The van der Waals surface area contributed by atoms with Gasteiger partial charge in [0.05, 0.1) is 12.2 Å². The van der Waals surface area contributed by atoms with Gasteiger partial charge in [-0.25, -0.2) is 9.97 Å². The van der Waals surface area contributed by atoms with E-state index in [4.69, 9.17) is 0 Å². The molecule has 4 heterocycles. The van der Waals surface area contributed by atoms with Crippen LogP contribution in [0.15, 0.2) is 29.6 Å². The Bertz CT molecular complexity index is 1110. The Balaban J connectivity index is 1.26. The van der Waals surface area contributed by atoms with Crippen molar-refractivity contribution in [3.63, 3.8) is 0 Å². The monoisotopic (exact) mass is 481 g/mol. The van der Waals surface area contributed by atoms with Crippen LogP contribution < -0.4 is 10.6 Å². The molecule has 1 aliphatic heterocycles. The number of nitrogens with one attached hydrogen (secondary N) is 2. The van der Waals surface area contributed by atoms with Crippen LogP contribution in [0, 0.1) is 26.7 Å². The first kappa shape index (κ1) is 24.0. The molecule has 0 saturated carbocycles. The Morgan fingerprint density at radius 2 is 1.82 bits per heavy atom. The zero-order valence-corrected chi connectivity index (χ0v) is 20.7. The molecule has 0 bridgehead atoms. The van der Waals surface area contributed by atoms with E-state index in [2.05, 4.69) is 42.0 Å². The molecule has 4 rings (SSSR count). The van der Waals surface area contributed by atoms with Gasteiger partial charge in [0.1, 0.15) is 5.82 Å². The van der Waals surface area contributed by atoms with Crippen molar-refractivity contribution in [1.82, 2.24) is 30.0 Å². The summed E-state index contributed by atoms with van der Waals surface area (Å²) in [5, 5.41) is 12.5. The van der Waals surface area contributed by atoms with Crippen molar-refractivity contribution in [2.24, 2.45) is 5.92 Å². The number of likely N-dealkylation sites (tertiary alicyclic amines) is 1. The minimum atomic E-state index is -0.121. The van der Waals surface area contributed by atoms with Crippen LogP contribution in [-0.2, 0) is 16.0 Å². The first-order chi connectivity index (χ1) is 16.4. The van der Waals surface area contributed by atoms with Crippen molar-refractivity contribution < 1.29 is 9.59 Å². The summed E-state index contributed by atoms with van der Waals surface area (Å²) in [5.74, 6) is 0.991. The van der Waals surface area contributed by atoms with Crippen molar-refractivity contribution in [3.05, 3.63) is 51.6 Å². The number of rotatable bonds is 8. The maximum absolute atomic E-state index is 12.8. The molecular formula is C24H31N7O2S. The second-order valence-corrected chi connectivity index (χ2v) is 9.78. The smallest absolute Gasteiger partial charge is 0.252 e. The fraction of sp³-hybridized carbons (Fsp3) is 0.458. The molecule has 0 unspecified atom stereocenters. The van der Waals surface area contributed by atoms with E-state index in [1.54, 1.807) is 16.0 Å². The lowest BCUT2D eigenvalue weighted by Crippen LogP contribution is -2.43. The molecule has 9 nitrogen and oxygen atoms in total. The summed E-state index contributed by atoms with van der Waals surface area (Å²) < 4.78 is 1.57. The Kier molecular flexibility index (Phi) is 7.69. The van der Waals surface area contributed by atoms with Crippen molar-refractivity contribution >= 4 is 29.0 Å². The first-order valence-corrected chi connectivity index (χ1v) is 12.5. The van der Waals surface area contributed by atoms with Gasteiger partial charge in [-0.05, 0) is 70.6 Å². The topological polar surface area (TPSA) is 105 Å². The molecule has 2 amide bonds. The normalized spacial score (nSPS) is 14.8. The Hall–Kier alpha value is -3.11. The van der Waals surface area contributed by atoms with Crippen LogP contribution >= 0.6 is 11.3 Å². The van der Waals surface area contributed by atoms with Gasteiger partial charge in [0.2, 0.25) is 11.8 Å². The fourth-order valence-electron chi connectivity index (χ4n) is 4.19. The van der Waals surface area contributed by atoms with Crippen molar-refractivity contribution in [2.75, 3.05) is 31.5 Å². The molecule has 2 N–H and O–H groups in total. The average Bonchev–Trinajstić information content (AvgIpc) is 3.43. The molecule has 1 saturated heterocycles. The molecule has 0 aliphatic carbocycles. The van der Waals surface area contributed by atoms with E-state index in [9.17, 15) is 9.59 Å². The molecule has 0 atom stereocenters. The van der Waals surface area contributed by atoms with Gasteiger partial charge >= 0.3 is 0 Å². The minimum Gasteiger partial charge on any atom is -0.355 e. The highest BCUT2D eigenvalue weighted by Crippen LogP contribution is 2.19. The molecule has 0 spiro atoms. The zero-order chi connectivity index (χ0) is 24.1. The highest BCUT2D eigenvalue weighted by molar-refractivity contribution is 7.09. The van der Waals surface area contributed by atoms with Crippen molar-refractivity contribution in [2.45, 2.75) is 40.0 Å². The minimum absolute atomic E-state index is 0.00781. The van der Waals surface area contributed by atoms with Gasteiger partial charge in [0.15, 0.2) is 0 Å². The summed E-state index contributed by atoms with van der Waals surface area (Å²) in [6, 6.07) is 7.82. The quantitative estimate of drug-likeness (QED) is 0.513. The Labute approximate surface area is 203 Å². The molecule has 10 heteroatoms. The van der Waals surface area contributed by atoms with Crippen LogP contribution in [0.4, 0.5) is 5.82 Å². The van der Waals surface area contributed by atoms with Gasteiger partial charge in [-0.1, -0.05) is 6.07 Å². The van der Waals surface area contributed by atoms with Crippen molar-refractivity contribution in [3.8, 4) is 5.95 Å². The van der Waals surface area contributed by atoms with Gasteiger partial charge in [-0.15, -0.1) is 11.3 Å². The fourth-order valence-corrected chi connectivity index (χ4v) is 4.90. The van der Waals surface area contributed by atoms with Crippen molar-refractivity contribution in [1.29, 1.82) is 0 Å². The van der Waals surface area contributed by atoms with Crippen LogP contribution in [0.5, 0.6) is 0 Å². The highest BCUT2D eigenvalue weighted by Gasteiger charge is 2.26. The Morgan fingerprint density at radius 1 is 1.09 bits per heavy atom. The van der Waals surface area contributed by atoms with E-state index in [-0.39, 0.29) is 24.3 Å². The SMILES string of the molecule is Cc1cc(C)nc(-n2nc(C)cc2NC(=O)CN2CCC(C(=O)NCCc3cccs3)CC2)n1. The lowest BCUT2D eigenvalue weighted by molar-refractivity contribution is -0.126. The number of amides is 2. The molecule has 180 valence electrons. The van der Waals surface area contributed by atoms with E-state index in [0.717, 1.165) is 49.4 Å². The molecular weight excluding hydrogens is 450 g/mol. The van der Waals surface area contributed by atoms with E-state index in [1.807, 2.05) is 39.0 Å². The number of carbonyl (C=O) groups is 2. The second kappa shape index (κ2) is 10.9. The highest BCUT2D eigenvalue weighted by atomic mass is 32.1. The number of aryl methyl sites for hydroxylation is 3. The summed E-state index contributed by atoms with van der Waals surface area (Å²) in [6.45, 7) is 8.04. The number of anilines is 1. The van der Waals surface area contributed by atoms with Gasteiger partial charge in [0.25, 0.3) is 5.95 Å². The molecule has 3 aromatic heterocycles. The Morgan fingerprint density at radius 3 is 2.50 bits per heavy atom. The summed E-state index contributed by atoms with van der Waals surface area (Å²) >= 11 is 1.71. The number of nitrogens with zero attached hydrogens (tertiary/aromatic N) is 5. The number of hydrogen-bond acceptors (Lipinski definition) is 7. The largest absolute Gasteiger partial charge is 0.355 e. The first-order valence-electron chi connectivity index (χ1n) is 11.6. The van der Waals surface area contributed by atoms with Crippen LogP contribution in [0.25, 0.3) is 5.95 Å². The zero-order valence-electron chi connectivity index (χ0n) is 19.9. The third-order valence-electron chi connectivity index (χ3n) is 5.84. The standard InChI is InChI=1S/C24H31N7O2S/c1-16-13-17(2)27-24(26-16)31-21(14-18(3)29-31)28-22(32)15-30-10-7-19(8-11-30)23(33)25-9-6-20-5-4-12-34-20/h4-5,12-14,19H,6-11,15H2,1-3H3,(H,25,33)(H,28,32). The molecule has 3 aromatic rings. The van der Waals surface area contributed by atoms with Gasteiger partial charge in [-0.2, -0.15) is 9.78 Å². The average molecular weight is 482 g/mol. The van der Waals surface area contributed by atoms with Gasteiger partial charge in [-0.3, -0.25) is 14.5 Å². The van der Waals surface area contributed by atoms with Crippen LogP contribution in [0.3, 0.4) is 0 Å². The van der Waals surface area contributed by atoms with Gasteiger partial charge in [0, 0.05) is 34.8 Å². The number of carbonyl (C=O) groups excluding carboxylic acids is 2. The number of aromatic nitrogens is 4. The predicted molar refractivity (Wildman–Crippen MR) is 132 cm³/mol. The van der Waals surface area contributed by atoms with Crippen LogP contribution in [0.1, 0.15) is 34.8 Å². The third-order valence-corrected chi connectivity index (χ3v) is 6.77. The number of piperidine rings is 1. The summed E-state index contributed by atoms with van der Waals surface area (Å²) in [5.41, 5.74) is 2.45. The van der Waals surface area contributed by atoms with E-state index in [0.29, 0.717) is 18.3 Å². The number of thiophene rings is 1. The van der Waals surface area contributed by atoms with E-state index in [1.165, 1.54) is 4.88 Å². The lowest BCUT2D eigenvalue weighted by atomic mass is 9.96. The lowest BCUT2D eigenvalue weighted by Gasteiger charge is -2.30. The predicted octanol–water partition coefficient (Wildman–Crippen LogP) is 2.66. The van der Waals surface area contributed by atoms with Crippen LogP contribution in [-0.4, -0.2) is 62.6 Å². The molecule has 1 aliphatic rings. The maximum Gasteiger partial charge on any atom is 0.252 e. The van der Waals surface area contributed by atoms with E-state index < -0.39 is 0 Å². The maximum atomic E-state index is 12.8. The number of hydrogen-bond donors (Lipinski definition) is 2. The summed E-state index contributed by atoms with van der Waals surface area (Å²) in [4.78, 5) is 37.5. The van der Waals surface area contributed by atoms with E-state index >= 15 is 0 Å². The summed E-state index contributed by atoms with van der Waals surface area (Å²) in [6.07, 6.45) is 2.38. The second-order valence-electron chi connectivity index (χ2n) is 8.75. The summed E-state index contributed by atoms with van der Waals surface area (Å²) in [7, 11) is 0.